The molecule has 0 bridgehead atoms. The second-order valence-electron chi connectivity index (χ2n) is 2.52. The number of benzene rings is 1. The van der Waals surface area contributed by atoms with Crippen LogP contribution >= 0.6 is 0 Å². The molecule has 0 aromatic heterocycles. The van der Waals surface area contributed by atoms with Gasteiger partial charge in [0.15, 0.2) is 0 Å². The number of rotatable bonds is 1. The number of hydrogen-bond acceptors (Lipinski definition) is 6. The molecule has 0 amide bonds. The number of carbonyl (C=O) groups is 3. The van der Waals surface area contributed by atoms with Gasteiger partial charge >= 0.3 is 18.3 Å². The maximum absolute atomic E-state index is 11.2. The highest BCUT2D eigenvalue weighted by Crippen LogP contribution is 2.16. The predicted molar refractivity (Wildman–Crippen MR) is 48.0 cm³/mol. The first kappa shape index (κ1) is 11.5. The van der Waals surface area contributed by atoms with Crippen LogP contribution in [0.25, 0.3) is 0 Å². The van der Waals surface area contributed by atoms with Gasteiger partial charge in [-0.05, 0) is 12.1 Å². The summed E-state index contributed by atoms with van der Waals surface area (Å²) in [6.07, 6.45) is -3.57. The van der Waals surface area contributed by atoms with E-state index >= 15 is 0 Å². The molecule has 7 nitrogen and oxygen atoms in total. The van der Waals surface area contributed by atoms with Crippen LogP contribution in [0.5, 0.6) is 5.75 Å². The third kappa shape index (κ3) is 2.98. The normalized spacial score (nSPS) is 9.25. The van der Waals surface area contributed by atoms with Gasteiger partial charge in [0.25, 0.3) is 0 Å². The molecule has 0 aliphatic rings. The first-order chi connectivity index (χ1) is 7.50. The summed E-state index contributed by atoms with van der Waals surface area (Å²) in [7, 11) is 0. The van der Waals surface area contributed by atoms with Gasteiger partial charge in [-0.25, -0.2) is 14.4 Å². The Bertz CT molecular complexity index is 437. The lowest BCUT2D eigenvalue weighted by Crippen LogP contribution is -2.16. The van der Waals surface area contributed by atoms with E-state index in [9.17, 15) is 19.5 Å². The van der Waals surface area contributed by atoms with E-state index in [-0.39, 0.29) is 5.56 Å². The number of carboxylic acid groups (broad SMARTS) is 1. The number of aromatic hydroxyl groups is 1. The lowest BCUT2D eigenvalue weighted by atomic mass is 10.2. The fourth-order valence-corrected chi connectivity index (χ4v) is 0.869. The molecule has 84 valence electrons. The molecule has 2 N–H and O–H groups in total. The maximum Gasteiger partial charge on any atom is 0.526 e. The number of hydrogen-bond donors (Lipinski definition) is 2. The molecular weight excluding hydrogens is 220 g/mol. The Morgan fingerprint density at radius 2 is 1.69 bits per heavy atom. The zero-order chi connectivity index (χ0) is 12.1. The van der Waals surface area contributed by atoms with Crippen molar-refractivity contribution in [2.45, 2.75) is 0 Å². The van der Waals surface area contributed by atoms with Gasteiger partial charge < -0.3 is 19.7 Å². The average molecular weight is 226 g/mol. The zero-order valence-corrected chi connectivity index (χ0v) is 7.75. The van der Waals surface area contributed by atoms with E-state index in [4.69, 9.17) is 5.11 Å². The Morgan fingerprint density at radius 1 is 1.06 bits per heavy atom. The van der Waals surface area contributed by atoms with Crippen molar-refractivity contribution in [1.29, 1.82) is 0 Å². The van der Waals surface area contributed by atoms with Gasteiger partial charge in [0.2, 0.25) is 0 Å². The van der Waals surface area contributed by atoms with Gasteiger partial charge in [-0.2, -0.15) is 0 Å². The lowest BCUT2D eigenvalue weighted by Gasteiger charge is -2.02. The van der Waals surface area contributed by atoms with E-state index in [1.54, 1.807) is 0 Å². The van der Waals surface area contributed by atoms with Crippen molar-refractivity contribution in [3.8, 4) is 5.75 Å². The summed E-state index contributed by atoms with van der Waals surface area (Å²) >= 11 is 0. The topological polar surface area (TPSA) is 110 Å². The summed E-state index contributed by atoms with van der Waals surface area (Å²) in [6.45, 7) is 0. The monoisotopic (exact) mass is 226 g/mol. The third-order valence-electron chi connectivity index (χ3n) is 1.47. The molecule has 0 saturated heterocycles. The van der Waals surface area contributed by atoms with Crippen LogP contribution in [-0.4, -0.2) is 28.5 Å². The zero-order valence-electron chi connectivity index (χ0n) is 7.75. The van der Waals surface area contributed by atoms with E-state index < -0.39 is 24.0 Å². The minimum absolute atomic E-state index is 0.273. The highest BCUT2D eigenvalue weighted by Gasteiger charge is 2.19. The van der Waals surface area contributed by atoms with E-state index in [1.165, 1.54) is 24.3 Å². The van der Waals surface area contributed by atoms with Crippen LogP contribution in [0.1, 0.15) is 10.4 Å². The standard InChI is InChI=1S/C9H6O7/c10-6-4-2-1-3-5(6)7(11)15-9(14)16-8(12)13/h1-4,10H,(H,12,13). The van der Waals surface area contributed by atoms with Crippen LogP contribution in [0.15, 0.2) is 24.3 Å². The molecule has 0 unspecified atom stereocenters. The van der Waals surface area contributed by atoms with Crippen LogP contribution in [0.3, 0.4) is 0 Å². The quantitative estimate of drug-likeness (QED) is 0.549. The number of carbonyl (C=O) groups excluding carboxylic acids is 2. The van der Waals surface area contributed by atoms with Crippen molar-refractivity contribution in [2.75, 3.05) is 0 Å². The Morgan fingerprint density at radius 3 is 2.25 bits per heavy atom. The van der Waals surface area contributed by atoms with Gasteiger partial charge in [0.05, 0.1) is 0 Å². The largest absolute Gasteiger partial charge is 0.526 e. The lowest BCUT2D eigenvalue weighted by molar-refractivity contribution is 0.0402. The summed E-state index contributed by atoms with van der Waals surface area (Å²) in [5.41, 5.74) is -0.273. The molecule has 0 saturated carbocycles. The summed E-state index contributed by atoms with van der Waals surface area (Å²) < 4.78 is 7.52. The minimum atomic E-state index is -1.89. The van der Waals surface area contributed by atoms with Crippen molar-refractivity contribution >= 4 is 18.3 Å². The fraction of sp³-hybridized carbons (Fsp3) is 0. The Kier molecular flexibility index (Phi) is 3.44. The number of phenolic OH excluding ortho intramolecular Hbond substituents is 1. The fourth-order valence-electron chi connectivity index (χ4n) is 0.869. The van der Waals surface area contributed by atoms with Gasteiger partial charge in [0.1, 0.15) is 11.3 Å². The van der Waals surface area contributed by atoms with Gasteiger partial charge in [-0.3, -0.25) is 0 Å². The first-order valence-corrected chi connectivity index (χ1v) is 3.95. The summed E-state index contributed by atoms with van der Waals surface area (Å²) in [6, 6.07) is 5.30. The molecule has 1 aromatic rings. The Balaban J connectivity index is 2.70. The molecule has 0 atom stereocenters. The summed E-state index contributed by atoms with van der Waals surface area (Å²) in [4.78, 5) is 31.7. The molecule has 0 aliphatic heterocycles. The molecule has 1 aromatic carbocycles. The van der Waals surface area contributed by atoms with Gasteiger partial charge in [-0.1, -0.05) is 12.1 Å². The third-order valence-corrected chi connectivity index (χ3v) is 1.47. The second-order valence-corrected chi connectivity index (χ2v) is 2.52. The van der Waals surface area contributed by atoms with Crippen molar-refractivity contribution in [3.63, 3.8) is 0 Å². The van der Waals surface area contributed by atoms with E-state index in [0.717, 1.165) is 0 Å². The molecule has 0 aliphatic carbocycles. The van der Waals surface area contributed by atoms with E-state index in [1.807, 2.05) is 0 Å². The first-order valence-electron chi connectivity index (χ1n) is 3.95. The number of phenols is 1. The molecule has 0 heterocycles. The van der Waals surface area contributed by atoms with Crippen molar-refractivity contribution in [1.82, 2.24) is 0 Å². The highest BCUT2D eigenvalue weighted by atomic mass is 16.8. The van der Waals surface area contributed by atoms with E-state index in [0.29, 0.717) is 0 Å². The SMILES string of the molecule is O=C(O)OC(=O)OC(=O)c1ccccc1O. The van der Waals surface area contributed by atoms with Crippen LogP contribution in [0.2, 0.25) is 0 Å². The van der Waals surface area contributed by atoms with Crippen LogP contribution in [0.4, 0.5) is 9.59 Å². The van der Waals surface area contributed by atoms with Crippen LogP contribution < -0.4 is 0 Å². The molecule has 0 radical (unpaired) electrons. The molecular formula is C9H6O7. The predicted octanol–water partition coefficient (Wildman–Crippen LogP) is 1.36. The number of para-hydroxylation sites is 1. The van der Waals surface area contributed by atoms with Gasteiger partial charge in [0, 0.05) is 0 Å². The summed E-state index contributed by atoms with van der Waals surface area (Å²) in [5.74, 6) is -1.60. The maximum atomic E-state index is 11.2. The summed E-state index contributed by atoms with van der Waals surface area (Å²) in [5, 5.41) is 17.2. The van der Waals surface area contributed by atoms with E-state index in [2.05, 4.69) is 9.47 Å². The van der Waals surface area contributed by atoms with Crippen molar-refractivity contribution in [3.05, 3.63) is 29.8 Å². The minimum Gasteiger partial charge on any atom is -0.507 e. The highest BCUT2D eigenvalue weighted by molar-refractivity contribution is 5.98. The molecule has 0 spiro atoms. The van der Waals surface area contributed by atoms with Crippen molar-refractivity contribution < 1.29 is 34.1 Å². The number of esters is 1. The molecule has 16 heavy (non-hydrogen) atoms. The Labute approximate surface area is 88.8 Å². The van der Waals surface area contributed by atoms with Crippen LogP contribution in [0, 0.1) is 0 Å². The molecule has 0 fully saturated rings. The van der Waals surface area contributed by atoms with Crippen molar-refractivity contribution in [2.24, 2.45) is 0 Å². The molecule has 7 heteroatoms. The number of ether oxygens (including phenoxy) is 2. The second kappa shape index (κ2) is 4.78. The van der Waals surface area contributed by atoms with Gasteiger partial charge in [-0.15, -0.1) is 0 Å². The Hall–Kier alpha value is -2.57. The average Bonchev–Trinajstić information content (AvgIpc) is 2.16. The molecule has 1 rings (SSSR count). The van der Waals surface area contributed by atoms with Crippen LogP contribution in [-0.2, 0) is 9.47 Å². The smallest absolute Gasteiger partial charge is 0.507 e.